The normalized spacial score (nSPS) is 12.0. The predicted octanol–water partition coefficient (Wildman–Crippen LogP) is 3.30. The van der Waals surface area contributed by atoms with Crippen LogP contribution in [-0.4, -0.2) is 56.3 Å². The third kappa shape index (κ3) is 7.92. The summed E-state index contributed by atoms with van der Waals surface area (Å²) < 4.78 is 26.3. The van der Waals surface area contributed by atoms with E-state index in [4.69, 9.17) is 0 Å². The Hall–Kier alpha value is -3.20. The second kappa shape index (κ2) is 12.5. The Morgan fingerprint density at radius 3 is 2.29 bits per heavy atom. The molecular formula is C26H35N3O5S. The highest BCUT2D eigenvalue weighted by Crippen LogP contribution is 2.21. The number of carbonyl (C=O) groups is 3. The van der Waals surface area contributed by atoms with E-state index in [-0.39, 0.29) is 23.9 Å². The molecule has 0 aromatic heterocycles. The lowest BCUT2D eigenvalue weighted by Gasteiger charge is -2.33. The van der Waals surface area contributed by atoms with Crippen LogP contribution in [0, 0.1) is 6.92 Å². The van der Waals surface area contributed by atoms with Crippen LogP contribution in [0.25, 0.3) is 0 Å². The summed E-state index contributed by atoms with van der Waals surface area (Å²) in [5, 5.41) is 2.85. The van der Waals surface area contributed by atoms with Crippen LogP contribution in [0.3, 0.4) is 0 Å². The van der Waals surface area contributed by atoms with Crippen molar-refractivity contribution in [3.63, 3.8) is 0 Å². The molecule has 0 aliphatic heterocycles. The van der Waals surface area contributed by atoms with E-state index in [9.17, 15) is 22.8 Å². The van der Waals surface area contributed by atoms with E-state index < -0.39 is 28.5 Å². The van der Waals surface area contributed by atoms with Crippen molar-refractivity contribution < 1.29 is 22.8 Å². The number of nitrogens with zero attached hydrogens (tertiary/aromatic N) is 2. The van der Waals surface area contributed by atoms with Gasteiger partial charge in [-0.3, -0.25) is 18.7 Å². The summed E-state index contributed by atoms with van der Waals surface area (Å²) in [6.45, 7) is 7.23. The quantitative estimate of drug-likeness (QED) is 0.450. The molecular weight excluding hydrogens is 466 g/mol. The molecule has 35 heavy (non-hydrogen) atoms. The predicted molar refractivity (Wildman–Crippen MR) is 138 cm³/mol. The second-order valence-corrected chi connectivity index (χ2v) is 10.5. The molecule has 2 aromatic carbocycles. The van der Waals surface area contributed by atoms with Gasteiger partial charge in [-0.25, -0.2) is 8.42 Å². The molecule has 1 N–H and O–H groups in total. The number of nitrogens with one attached hydrogen (secondary N) is 1. The number of ketones is 1. The van der Waals surface area contributed by atoms with Crippen molar-refractivity contribution >= 4 is 33.3 Å². The van der Waals surface area contributed by atoms with Gasteiger partial charge in [0.25, 0.3) is 0 Å². The number of anilines is 1. The van der Waals surface area contributed by atoms with Gasteiger partial charge in [0.05, 0.1) is 11.9 Å². The summed E-state index contributed by atoms with van der Waals surface area (Å²) >= 11 is 0. The van der Waals surface area contributed by atoms with Gasteiger partial charge >= 0.3 is 0 Å². The maximum absolute atomic E-state index is 13.6. The van der Waals surface area contributed by atoms with Crippen LogP contribution in [0.2, 0.25) is 0 Å². The molecule has 0 radical (unpaired) electrons. The van der Waals surface area contributed by atoms with Crippen molar-refractivity contribution in [2.24, 2.45) is 0 Å². The highest BCUT2D eigenvalue weighted by molar-refractivity contribution is 7.92. The first-order valence-corrected chi connectivity index (χ1v) is 13.5. The molecule has 0 aliphatic rings. The van der Waals surface area contributed by atoms with E-state index in [2.05, 4.69) is 5.32 Å². The second-order valence-electron chi connectivity index (χ2n) is 8.60. The van der Waals surface area contributed by atoms with Crippen LogP contribution < -0.4 is 9.62 Å². The zero-order valence-electron chi connectivity index (χ0n) is 21.1. The van der Waals surface area contributed by atoms with E-state index in [0.29, 0.717) is 18.5 Å². The molecule has 9 heteroatoms. The monoisotopic (exact) mass is 501 g/mol. The SMILES string of the molecule is CCCNC(=O)[C@@H](CC)N(Cc1cccc(C)c1)C(=O)CN(c1cccc(C(C)=O)c1)S(C)(=O)=O. The number of hydrogen-bond acceptors (Lipinski definition) is 5. The van der Waals surface area contributed by atoms with Gasteiger partial charge < -0.3 is 10.2 Å². The van der Waals surface area contributed by atoms with Crippen molar-refractivity contribution in [2.75, 3.05) is 23.7 Å². The number of rotatable bonds is 12. The standard InChI is InChI=1S/C26H35N3O5S/c1-6-14-27-26(32)24(7-2)28(17-21-11-8-10-19(3)15-21)25(31)18-29(35(5,33)34)23-13-9-12-22(16-23)20(4)30/h8-13,15-16,24H,6-7,14,17-18H2,1-5H3,(H,27,32)/t24-/m1/s1. The Morgan fingerprint density at radius 1 is 1.03 bits per heavy atom. The molecule has 2 amide bonds. The number of amides is 2. The van der Waals surface area contributed by atoms with Gasteiger partial charge in [0, 0.05) is 18.7 Å². The number of sulfonamides is 1. The third-order valence-electron chi connectivity index (χ3n) is 5.59. The number of benzene rings is 2. The fraction of sp³-hybridized carbons (Fsp3) is 0.423. The molecule has 0 fully saturated rings. The van der Waals surface area contributed by atoms with E-state index in [1.165, 1.54) is 24.0 Å². The maximum atomic E-state index is 13.6. The molecule has 8 nitrogen and oxygen atoms in total. The zero-order valence-corrected chi connectivity index (χ0v) is 21.9. The Labute approximate surface area is 208 Å². The van der Waals surface area contributed by atoms with Crippen molar-refractivity contribution in [2.45, 2.75) is 53.1 Å². The molecule has 0 heterocycles. The highest BCUT2D eigenvalue weighted by Gasteiger charge is 2.31. The summed E-state index contributed by atoms with van der Waals surface area (Å²) in [5.74, 6) is -1.00. The molecule has 0 saturated heterocycles. The van der Waals surface area contributed by atoms with Gasteiger partial charge in [-0.15, -0.1) is 0 Å². The minimum Gasteiger partial charge on any atom is -0.354 e. The van der Waals surface area contributed by atoms with Gasteiger partial charge in [0.1, 0.15) is 12.6 Å². The highest BCUT2D eigenvalue weighted by atomic mass is 32.2. The largest absolute Gasteiger partial charge is 0.354 e. The summed E-state index contributed by atoms with van der Waals surface area (Å²) in [5.41, 5.74) is 2.40. The average Bonchev–Trinajstić information content (AvgIpc) is 2.80. The van der Waals surface area contributed by atoms with Gasteiger partial charge in [-0.2, -0.15) is 0 Å². The molecule has 2 aromatic rings. The number of aryl methyl sites for hydroxylation is 1. The van der Waals surface area contributed by atoms with Gasteiger partial charge in [-0.05, 0) is 44.4 Å². The van der Waals surface area contributed by atoms with Crippen LogP contribution in [-0.2, 0) is 26.2 Å². The first-order valence-electron chi connectivity index (χ1n) is 11.7. The first-order chi connectivity index (χ1) is 16.5. The average molecular weight is 502 g/mol. The molecule has 0 aliphatic carbocycles. The van der Waals surface area contributed by atoms with E-state index in [1.807, 2.05) is 45.0 Å². The molecule has 190 valence electrons. The van der Waals surface area contributed by atoms with Crippen molar-refractivity contribution in [1.82, 2.24) is 10.2 Å². The Morgan fingerprint density at radius 2 is 1.71 bits per heavy atom. The van der Waals surface area contributed by atoms with Crippen molar-refractivity contribution in [3.8, 4) is 0 Å². The van der Waals surface area contributed by atoms with Gasteiger partial charge in [-0.1, -0.05) is 55.8 Å². The summed E-state index contributed by atoms with van der Waals surface area (Å²) in [7, 11) is -3.86. The molecule has 1 atom stereocenters. The van der Waals surface area contributed by atoms with E-state index in [1.54, 1.807) is 12.1 Å². The van der Waals surface area contributed by atoms with Crippen LogP contribution in [0.1, 0.15) is 55.1 Å². The lowest BCUT2D eigenvalue weighted by atomic mass is 10.1. The fourth-order valence-electron chi connectivity index (χ4n) is 3.79. The minimum atomic E-state index is -3.86. The summed E-state index contributed by atoms with van der Waals surface area (Å²) in [6, 6.07) is 13.0. The molecule has 0 unspecified atom stereocenters. The number of Topliss-reactive ketones (excluding diaryl/α,β-unsaturated/α-hetero) is 1. The smallest absolute Gasteiger partial charge is 0.244 e. The molecule has 2 rings (SSSR count). The van der Waals surface area contributed by atoms with Crippen LogP contribution >= 0.6 is 0 Å². The topological polar surface area (TPSA) is 104 Å². The Bertz CT molecular complexity index is 1160. The van der Waals surface area contributed by atoms with Crippen LogP contribution in [0.5, 0.6) is 0 Å². The summed E-state index contributed by atoms with van der Waals surface area (Å²) in [6.07, 6.45) is 2.13. The first kappa shape index (κ1) is 28.0. The molecule has 0 bridgehead atoms. The van der Waals surface area contributed by atoms with E-state index >= 15 is 0 Å². The lowest BCUT2D eigenvalue weighted by molar-refractivity contribution is -0.140. The minimum absolute atomic E-state index is 0.156. The van der Waals surface area contributed by atoms with E-state index in [0.717, 1.165) is 28.1 Å². The Balaban J connectivity index is 2.46. The maximum Gasteiger partial charge on any atom is 0.244 e. The number of carbonyl (C=O) groups excluding carboxylic acids is 3. The number of hydrogen-bond donors (Lipinski definition) is 1. The lowest BCUT2D eigenvalue weighted by Crippen LogP contribution is -2.52. The summed E-state index contributed by atoms with van der Waals surface area (Å²) in [4.78, 5) is 39.8. The fourth-order valence-corrected chi connectivity index (χ4v) is 4.63. The molecule has 0 spiro atoms. The third-order valence-corrected chi connectivity index (χ3v) is 6.73. The molecule has 0 saturated carbocycles. The van der Waals surface area contributed by atoms with Crippen molar-refractivity contribution in [1.29, 1.82) is 0 Å². The van der Waals surface area contributed by atoms with Crippen LogP contribution in [0.15, 0.2) is 48.5 Å². The Kier molecular flexibility index (Phi) is 10.0. The van der Waals surface area contributed by atoms with Crippen molar-refractivity contribution in [3.05, 3.63) is 65.2 Å². The zero-order chi connectivity index (χ0) is 26.2. The van der Waals surface area contributed by atoms with Gasteiger partial charge in [0.2, 0.25) is 21.8 Å². The van der Waals surface area contributed by atoms with Crippen LogP contribution in [0.4, 0.5) is 5.69 Å². The van der Waals surface area contributed by atoms with Gasteiger partial charge in [0.15, 0.2) is 5.78 Å².